The average Bonchev–Trinajstić information content (AvgIpc) is 2.70. The second kappa shape index (κ2) is 9.28. The fourth-order valence-corrected chi connectivity index (χ4v) is 3.57. The van der Waals surface area contributed by atoms with Gasteiger partial charge in [0, 0.05) is 15.4 Å². The maximum atomic E-state index is 12.4. The minimum absolute atomic E-state index is 0.187. The number of aromatic nitrogens is 2. The van der Waals surface area contributed by atoms with Gasteiger partial charge >= 0.3 is 5.97 Å². The number of esters is 1. The lowest BCUT2D eigenvalue weighted by molar-refractivity contribution is -0.154. The molecule has 1 aromatic heterocycles. The molecule has 0 fully saturated rings. The first-order valence-electron chi connectivity index (χ1n) is 9.17. The van der Waals surface area contributed by atoms with Gasteiger partial charge in [-0.15, -0.1) is 0 Å². The van der Waals surface area contributed by atoms with Crippen molar-refractivity contribution in [1.82, 2.24) is 15.5 Å². The zero-order valence-corrected chi connectivity index (χ0v) is 17.8. The Bertz CT molecular complexity index is 1160. The van der Waals surface area contributed by atoms with Crippen molar-refractivity contribution in [3.8, 4) is 0 Å². The van der Waals surface area contributed by atoms with Crippen LogP contribution in [0.2, 0.25) is 10.0 Å². The van der Waals surface area contributed by atoms with Gasteiger partial charge in [0.15, 0.2) is 6.10 Å². The highest BCUT2D eigenvalue weighted by Gasteiger charge is 2.22. The van der Waals surface area contributed by atoms with Crippen LogP contribution in [0.1, 0.15) is 31.1 Å². The Morgan fingerprint density at radius 1 is 1.13 bits per heavy atom. The van der Waals surface area contributed by atoms with E-state index < -0.39 is 24.0 Å². The second-order valence-electron chi connectivity index (χ2n) is 6.75. The molecule has 9 heteroatoms. The molecule has 2 N–H and O–H groups in total. The van der Waals surface area contributed by atoms with Gasteiger partial charge in [0.25, 0.3) is 11.5 Å². The number of nitrogens with zero attached hydrogens (tertiary/aromatic N) is 1. The molecule has 2 aromatic carbocycles. The van der Waals surface area contributed by atoms with Crippen molar-refractivity contribution in [2.24, 2.45) is 0 Å². The average molecular weight is 448 g/mol. The number of aromatic amines is 1. The van der Waals surface area contributed by atoms with Crippen LogP contribution < -0.4 is 10.9 Å². The first-order chi connectivity index (χ1) is 14.3. The van der Waals surface area contributed by atoms with Crippen LogP contribution in [-0.4, -0.2) is 28.2 Å². The van der Waals surface area contributed by atoms with E-state index in [0.717, 1.165) is 0 Å². The number of ether oxygens (including phenoxy) is 1. The van der Waals surface area contributed by atoms with E-state index in [2.05, 4.69) is 15.5 Å². The number of H-pyrrole nitrogens is 1. The SMILES string of the molecule is C[C@H](NC(=O)[C@@H](C)OC(=O)Cc1n[nH]c(=O)c2ccccc12)c1ccc(Cl)cc1Cl. The van der Waals surface area contributed by atoms with Crippen molar-refractivity contribution >= 4 is 45.9 Å². The van der Waals surface area contributed by atoms with Crippen LogP contribution in [0.5, 0.6) is 0 Å². The van der Waals surface area contributed by atoms with E-state index >= 15 is 0 Å². The van der Waals surface area contributed by atoms with Gasteiger partial charge in [0.2, 0.25) is 0 Å². The van der Waals surface area contributed by atoms with Crippen LogP contribution >= 0.6 is 23.2 Å². The van der Waals surface area contributed by atoms with Crippen LogP contribution in [0.25, 0.3) is 10.8 Å². The summed E-state index contributed by atoms with van der Waals surface area (Å²) in [5.41, 5.74) is 0.714. The topological polar surface area (TPSA) is 101 Å². The summed E-state index contributed by atoms with van der Waals surface area (Å²) in [4.78, 5) is 36.6. The lowest BCUT2D eigenvalue weighted by atomic mass is 10.1. The third-order valence-corrected chi connectivity index (χ3v) is 5.11. The second-order valence-corrected chi connectivity index (χ2v) is 7.59. The Morgan fingerprint density at radius 3 is 2.53 bits per heavy atom. The van der Waals surface area contributed by atoms with Crippen molar-refractivity contribution in [3.05, 3.63) is 74.1 Å². The molecule has 0 saturated heterocycles. The van der Waals surface area contributed by atoms with E-state index in [1.165, 1.54) is 6.92 Å². The van der Waals surface area contributed by atoms with Crippen LogP contribution in [0.3, 0.4) is 0 Å². The third-order valence-electron chi connectivity index (χ3n) is 4.55. The minimum Gasteiger partial charge on any atom is -0.452 e. The molecule has 0 bridgehead atoms. The molecule has 0 spiro atoms. The quantitative estimate of drug-likeness (QED) is 0.562. The first kappa shape index (κ1) is 21.8. The monoisotopic (exact) mass is 447 g/mol. The van der Waals surface area contributed by atoms with Crippen molar-refractivity contribution in [1.29, 1.82) is 0 Å². The summed E-state index contributed by atoms with van der Waals surface area (Å²) in [7, 11) is 0. The van der Waals surface area contributed by atoms with E-state index in [4.69, 9.17) is 27.9 Å². The molecule has 0 aliphatic rings. The van der Waals surface area contributed by atoms with Crippen molar-refractivity contribution in [2.75, 3.05) is 0 Å². The number of halogens is 2. The number of carbonyl (C=O) groups is 2. The summed E-state index contributed by atoms with van der Waals surface area (Å²) in [6, 6.07) is 11.4. The van der Waals surface area contributed by atoms with Gasteiger partial charge in [-0.25, -0.2) is 5.10 Å². The molecule has 0 aliphatic heterocycles. The van der Waals surface area contributed by atoms with Gasteiger partial charge in [0.05, 0.1) is 23.5 Å². The van der Waals surface area contributed by atoms with Crippen molar-refractivity contribution < 1.29 is 14.3 Å². The molecule has 0 radical (unpaired) electrons. The lowest BCUT2D eigenvalue weighted by Gasteiger charge is -2.19. The van der Waals surface area contributed by atoms with E-state index in [9.17, 15) is 14.4 Å². The summed E-state index contributed by atoms with van der Waals surface area (Å²) in [6.07, 6.45) is -1.21. The Balaban J connectivity index is 1.63. The number of amides is 1. The lowest BCUT2D eigenvalue weighted by Crippen LogP contribution is -2.37. The number of hydrogen-bond donors (Lipinski definition) is 2. The van der Waals surface area contributed by atoms with Gasteiger partial charge in [-0.1, -0.05) is 47.5 Å². The summed E-state index contributed by atoms with van der Waals surface area (Å²) in [6.45, 7) is 3.24. The first-order valence-corrected chi connectivity index (χ1v) is 9.93. The molecule has 30 heavy (non-hydrogen) atoms. The number of fused-ring (bicyclic) bond motifs is 1. The third kappa shape index (κ3) is 4.98. The van der Waals surface area contributed by atoms with Crippen LogP contribution in [0.15, 0.2) is 47.3 Å². The molecular formula is C21H19Cl2N3O4. The van der Waals surface area contributed by atoms with E-state index in [1.807, 2.05) is 0 Å². The number of nitrogens with one attached hydrogen (secondary N) is 2. The number of rotatable bonds is 6. The Labute approximate surface area is 182 Å². The highest BCUT2D eigenvalue weighted by molar-refractivity contribution is 6.35. The fraction of sp³-hybridized carbons (Fsp3) is 0.238. The molecule has 3 rings (SSSR count). The standard InChI is InChI=1S/C21H19Cl2N3O4/c1-11(14-8-7-13(22)9-17(14)23)24-20(28)12(2)30-19(27)10-18-15-5-3-4-6-16(15)21(29)26-25-18/h3-9,11-12H,10H2,1-2H3,(H,24,28)(H,26,29)/t11-,12+/m0/s1. The zero-order chi connectivity index (χ0) is 21.8. The summed E-state index contributed by atoms with van der Waals surface area (Å²) in [5.74, 6) is -1.11. The van der Waals surface area contributed by atoms with Crippen LogP contribution in [0.4, 0.5) is 0 Å². The number of hydrogen-bond acceptors (Lipinski definition) is 5. The number of carbonyl (C=O) groups excluding carboxylic acids is 2. The molecular weight excluding hydrogens is 429 g/mol. The maximum absolute atomic E-state index is 12.4. The Kier molecular flexibility index (Phi) is 6.74. The minimum atomic E-state index is -1.03. The Hall–Kier alpha value is -2.90. The molecule has 0 saturated carbocycles. The van der Waals surface area contributed by atoms with E-state index in [1.54, 1.807) is 49.4 Å². The van der Waals surface area contributed by atoms with Gasteiger partial charge in [-0.3, -0.25) is 14.4 Å². The van der Waals surface area contributed by atoms with Crippen molar-refractivity contribution in [2.45, 2.75) is 32.4 Å². The maximum Gasteiger partial charge on any atom is 0.312 e. The molecule has 0 aliphatic carbocycles. The van der Waals surface area contributed by atoms with Crippen LogP contribution in [-0.2, 0) is 20.7 Å². The molecule has 3 aromatic rings. The molecule has 2 atom stereocenters. The number of benzene rings is 2. The normalized spacial score (nSPS) is 12.9. The van der Waals surface area contributed by atoms with E-state index in [-0.39, 0.29) is 12.0 Å². The predicted octanol–water partition coefficient (Wildman–Crippen LogP) is 3.58. The molecule has 156 valence electrons. The van der Waals surface area contributed by atoms with E-state index in [0.29, 0.717) is 32.1 Å². The Morgan fingerprint density at radius 2 is 1.83 bits per heavy atom. The highest BCUT2D eigenvalue weighted by atomic mass is 35.5. The summed E-state index contributed by atoms with van der Waals surface area (Å²) < 4.78 is 5.24. The smallest absolute Gasteiger partial charge is 0.312 e. The summed E-state index contributed by atoms with van der Waals surface area (Å²) >= 11 is 12.1. The molecule has 0 unspecified atom stereocenters. The molecule has 1 heterocycles. The molecule has 7 nitrogen and oxygen atoms in total. The largest absolute Gasteiger partial charge is 0.452 e. The molecule has 1 amide bonds. The van der Waals surface area contributed by atoms with Crippen LogP contribution in [0, 0.1) is 0 Å². The summed E-state index contributed by atoms with van der Waals surface area (Å²) in [5, 5.41) is 11.0. The van der Waals surface area contributed by atoms with Gasteiger partial charge in [0.1, 0.15) is 0 Å². The predicted molar refractivity (Wildman–Crippen MR) is 115 cm³/mol. The van der Waals surface area contributed by atoms with Gasteiger partial charge in [-0.05, 0) is 37.6 Å². The van der Waals surface area contributed by atoms with Crippen molar-refractivity contribution in [3.63, 3.8) is 0 Å². The van der Waals surface area contributed by atoms with Gasteiger partial charge < -0.3 is 10.1 Å². The van der Waals surface area contributed by atoms with Gasteiger partial charge in [-0.2, -0.15) is 5.10 Å². The fourth-order valence-electron chi connectivity index (χ4n) is 3.00. The highest BCUT2D eigenvalue weighted by Crippen LogP contribution is 2.26. The zero-order valence-electron chi connectivity index (χ0n) is 16.2.